The molecule has 0 saturated carbocycles. The number of β-lactam (4-membered cyclic amide) rings is 1. The zero-order valence-corrected chi connectivity index (χ0v) is 12.0. The fourth-order valence-electron chi connectivity index (χ4n) is 2.35. The van der Waals surface area contributed by atoms with E-state index in [0.29, 0.717) is 22.2 Å². The highest BCUT2D eigenvalue weighted by Crippen LogP contribution is 2.45. The molecule has 21 heavy (non-hydrogen) atoms. The van der Waals surface area contributed by atoms with E-state index in [1.54, 1.807) is 12.3 Å². The third-order valence-electron chi connectivity index (χ3n) is 3.34. The number of aromatic nitrogens is 2. The number of hydrogen-bond acceptors (Lipinski definition) is 6. The Bertz CT molecular complexity index is 779. The molecule has 0 spiro atoms. The number of fused-ring (bicyclic) bond motifs is 2. The van der Waals surface area contributed by atoms with Crippen molar-refractivity contribution in [1.29, 1.82) is 0 Å². The van der Waals surface area contributed by atoms with Crippen molar-refractivity contribution in [2.45, 2.75) is 10.5 Å². The van der Waals surface area contributed by atoms with Crippen molar-refractivity contribution < 1.29 is 19.5 Å². The summed E-state index contributed by atoms with van der Waals surface area (Å²) < 4.78 is 1.47. The van der Waals surface area contributed by atoms with Gasteiger partial charge < -0.3 is 5.11 Å². The summed E-state index contributed by atoms with van der Waals surface area (Å²) in [5.41, 5.74) is 1.05. The van der Waals surface area contributed by atoms with Crippen molar-refractivity contribution in [3.63, 3.8) is 0 Å². The number of imidazole rings is 1. The standard InChI is InChI=1S/C12H7N3O4S2/c16-8-4-21-12-13-5(2-14(8)12)1-6-9(17)15-7(11(18)19)3-20-10(6)15/h1-3,10H,4H2,(H,18,19)/t10-/m1/s1. The number of thioether (sulfide) groups is 2. The van der Waals surface area contributed by atoms with Crippen molar-refractivity contribution >= 4 is 47.4 Å². The zero-order valence-electron chi connectivity index (χ0n) is 10.3. The highest BCUT2D eigenvalue weighted by molar-refractivity contribution is 8.03. The smallest absolute Gasteiger partial charge is 0.353 e. The third kappa shape index (κ3) is 1.70. The summed E-state index contributed by atoms with van der Waals surface area (Å²) in [5.74, 6) is -1.08. The van der Waals surface area contributed by atoms with E-state index in [0.717, 1.165) is 0 Å². The second kappa shape index (κ2) is 4.25. The second-order valence-electron chi connectivity index (χ2n) is 4.57. The molecular formula is C12H7N3O4S2. The van der Waals surface area contributed by atoms with Crippen LogP contribution in [0.2, 0.25) is 0 Å². The molecule has 1 fully saturated rings. The van der Waals surface area contributed by atoms with Crippen molar-refractivity contribution in [3.05, 3.63) is 28.6 Å². The average Bonchev–Trinajstić information content (AvgIpc) is 3.10. The molecule has 1 atom stereocenters. The quantitative estimate of drug-likeness (QED) is 0.637. The summed E-state index contributed by atoms with van der Waals surface area (Å²) in [4.78, 5) is 40.1. The molecule has 1 aromatic heterocycles. The van der Waals surface area contributed by atoms with Crippen molar-refractivity contribution in [3.8, 4) is 0 Å². The molecule has 3 aliphatic rings. The number of carbonyl (C=O) groups excluding carboxylic acids is 2. The fourth-order valence-corrected chi connectivity index (χ4v) is 4.33. The lowest BCUT2D eigenvalue weighted by Crippen LogP contribution is -2.51. The van der Waals surface area contributed by atoms with Crippen LogP contribution in [0.4, 0.5) is 0 Å². The Balaban J connectivity index is 1.62. The Hall–Kier alpha value is -2.00. The number of aliphatic carboxylic acids is 1. The van der Waals surface area contributed by atoms with Crippen LogP contribution >= 0.6 is 23.5 Å². The van der Waals surface area contributed by atoms with E-state index in [1.165, 1.54) is 38.4 Å². The molecule has 4 rings (SSSR count). The number of nitrogens with zero attached hydrogens (tertiary/aromatic N) is 3. The lowest BCUT2D eigenvalue weighted by Gasteiger charge is -2.36. The van der Waals surface area contributed by atoms with Gasteiger partial charge in [-0.05, 0) is 6.08 Å². The van der Waals surface area contributed by atoms with E-state index in [9.17, 15) is 14.4 Å². The summed E-state index contributed by atoms with van der Waals surface area (Å²) >= 11 is 2.64. The van der Waals surface area contributed by atoms with E-state index in [1.807, 2.05) is 0 Å². The first kappa shape index (κ1) is 12.7. The van der Waals surface area contributed by atoms with Gasteiger partial charge in [0.15, 0.2) is 5.16 Å². The van der Waals surface area contributed by atoms with Crippen molar-refractivity contribution in [2.75, 3.05) is 5.75 Å². The number of carboxylic acid groups (broad SMARTS) is 1. The topological polar surface area (TPSA) is 92.5 Å². The summed E-state index contributed by atoms with van der Waals surface area (Å²) in [5, 5.41) is 10.8. The van der Waals surface area contributed by atoms with Crippen LogP contribution in [0, 0.1) is 0 Å². The SMILES string of the molecule is O=C(O)C1=CS[C@@H]2C(=Cc3cn4c(n3)SCC4=O)C(=O)N12. The predicted octanol–water partition coefficient (Wildman–Crippen LogP) is 0.853. The summed E-state index contributed by atoms with van der Waals surface area (Å²) in [7, 11) is 0. The van der Waals surface area contributed by atoms with E-state index in [4.69, 9.17) is 5.11 Å². The van der Waals surface area contributed by atoms with E-state index in [2.05, 4.69) is 4.98 Å². The number of hydrogen-bond donors (Lipinski definition) is 1. The van der Waals surface area contributed by atoms with Gasteiger partial charge >= 0.3 is 5.97 Å². The molecule has 0 bridgehead atoms. The Labute approximate surface area is 126 Å². The van der Waals surface area contributed by atoms with Gasteiger partial charge in [0, 0.05) is 11.6 Å². The molecule has 4 heterocycles. The molecule has 9 heteroatoms. The third-order valence-corrected chi connectivity index (χ3v) is 5.36. The van der Waals surface area contributed by atoms with E-state index >= 15 is 0 Å². The summed E-state index contributed by atoms with van der Waals surface area (Å²) in [6, 6.07) is 0. The van der Waals surface area contributed by atoms with E-state index < -0.39 is 5.97 Å². The minimum absolute atomic E-state index is 0.00483. The fraction of sp³-hybridized carbons (Fsp3) is 0.167. The maximum atomic E-state index is 12.0. The number of rotatable bonds is 2. The average molecular weight is 321 g/mol. The summed E-state index contributed by atoms with van der Waals surface area (Å²) in [6.07, 6.45) is 3.22. The minimum atomic E-state index is -1.11. The first-order chi connectivity index (χ1) is 10.1. The largest absolute Gasteiger partial charge is 0.477 e. The molecule has 0 aliphatic carbocycles. The Morgan fingerprint density at radius 2 is 2.29 bits per heavy atom. The lowest BCUT2D eigenvalue weighted by molar-refractivity contribution is -0.141. The van der Waals surface area contributed by atoms with Gasteiger partial charge in [0.05, 0.1) is 17.0 Å². The van der Waals surface area contributed by atoms with Gasteiger partial charge in [0.25, 0.3) is 5.91 Å². The number of carbonyl (C=O) groups is 3. The summed E-state index contributed by atoms with van der Waals surface area (Å²) in [6.45, 7) is 0. The Kier molecular flexibility index (Phi) is 2.57. The molecule has 0 radical (unpaired) electrons. The molecule has 1 saturated heterocycles. The van der Waals surface area contributed by atoms with Gasteiger partial charge in [0.2, 0.25) is 5.91 Å². The van der Waals surface area contributed by atoms with Gasteiger partial charge in [-0.2, -0.15) is 0 Å². The normalized spacial score (nSPS) is 25.0. The van der Waals surface area contributed by atoms with Crippen LogP contribution in [-0.4, -0.2) is 48.5 Å². The van der Waals surface area contributed by atoms with Gasteiger partial charge in [-0.1, -0.05) is 11.8 Å². The molecule has 1 N–H and O–H groups in total. The molecule has 1 amide bonds. The van der Waals surface area contributed by atoms with Gasteiger partial charge in [-0.3, -0.25) is 19.1 Å². The van der Waals surface area contributed by atoms with Crippen LogP contribution in [-0.2, 0) is 9.59 Å². The molecular weight excluding hydrogens is 314 g/mol. The van der Waals surface area contributed by atoms with Crippen LogP contribution in [0.3, 0.4) is 0 Å². The molecule has 106 valence electrons. The van der Waals surface area contributed by atoms with Crippen molar-refractivity contribution in [2.24, 2.45) is 0 Å². The molecule has 7 nitrogen and oxygen atoms in total. The minimum Gasteiger partial charge on any atom is -0.477 e. The molecule has 0 aromatic carbocycles. The number of carboxylic acids is 1. The van der Waals surface area contributed by atoms with Gasteiger partial charge in [-0.25, -0.2) is 9.78 Å². The van der Waals surface area contributed by atoms with Crippen LogP contribution < -0.4 is 0 Å². The second-order valence-corrected chi connectivity index (χ2v) is 6.47. The molecule has 3 aliphatic heterocycles. The first-order valence-electron chi connectivity index (χ1n) is 5.96. The highest BCUT2D eigenvalue weighted by atomic mass is 32.2. The number of amides is 1. The molecule has 0 unspecified atom stereocenters. The first-order valence-corrected chi connectivity index (χ1v) is 7.88. The van der Waals surface area contributed by atoms with Gasteiger partial charge in [0.1, 0.15) is 11.1 Å². The van der Waals surface area contributed by atoms with Crippen molar-refractivity contribution in [1.82, 2.24) is 14.5 Å². The maximum Gasteiger partial charge on any atom is 0.353 e. The van der Waals surface area contributed by atoms with Crippen LogP contribution in [0.1, 0.15) is 10.5 Å². The lowest BCUT2D eigenvalue weighted by atomic mass is 10.0. The Morgan fingerprint density at radius 1 is 1.48 bits per heavy atom. The van der Waals surface area contributed by atoms with E-state index in [-0.39, 0.29) is 22.9 Å². The highest BCUT2D eigenvalue weighted by Gasteiger charge is 2.49. The van der Waals surface area contributed by atoms with Crippen LogP contribution in [0.15, 0.2) is 28.0 Å². The monoisotopic (exact) mass is 321 g/mol. The Morgan fingerprint density at radius 3 is 3.00 bits per heavy atom. The predicted molar refractivity (Wildman–Crippen MR) is 75.5 cm³/mol. The van der Waals surface area contributed by atoms with Crippen LogP contribution in [0.25, 0.3) is 6.08 Å². The molecule has 1 aromatic rings. The van der Waals surface area contributed by atoms with Crippen LogP contribution in [0.5, 0.6) is 0 Å². The zero-order chi connectivity index (χ0) is 14.7. The maximum absolute atomic E-state index is 12.0. The van der Waals surface area contributed by atoms with Gasteiger partial charge in [-0.15, -0.1) is 11.8 Å².